The number of phosphoric acid groups is 2. The van der Waals surface area contributed by atoms with E-state index < -0.39 is 109 Å². The van der Waals surface area contributed by atoms with Crippen molar-refractivity contribution in [2.45, 2.75) is 335 Å². The van der Waals surface area contributed by atoms with Crippen LogP contribution in [0, 0.1) is 24.7 Å². The molecule has 0 aromatic carbocycles. The Balaban J connectivity index is -0.000000307. The van der Waals surface area contributed by atoms with E-state index in [1.165, 1.54) is 116 Å². The second-order valence-corrected chi connectivity index (χ2v) is 28.6. The number of hydrogen-bond donors (Lipinski definition) is 6. The largest absolute Gasteiger partial charge is 1.00 e. The summed E-state index contributed by atoms with van der Waals surface area (Å²) in [4.78, 5) is 110. The molecule has 0 aliphatic carbocycles. The molecule has 0 aromatic heterocycles. The Morgan fingerprint density at radius 1 is 0.400 bits per heavy atom. The van der Waals surface area contributed by atoms with Gasteiger partial charge in [0.2, 0.25) is 11.8 Å². The number of carbonyl (C=O) groups is 7. The molecular weight excluding hydrogens is 1340 g/mol. The van der Waals surface area contributed by atoms with E-state index in [2.05, 4.69) is 60.8 Å². The average molecular weight is 1510 g/mol. The van der Waals surface area contributed by atoms with Gasteiger partial charge in [-0.3, -0.25) is 46.9 Å². The molecule has 0 saturated heterocycles. The van der Waals surface area contributed by atoms with Crippen molar-refractivity contribution >= 4 is 57.0 Å². The standard InChI is InChI=1S/C73H132N4O19P2.2Na.14H2.2H/c1-7-13-17-21-25-29-33-37-41-45-65(78)57-69(80)76-63(59-89-53-49-67(11-5)95-71(82)47-43-39-35-31-27-23-19-15-9-3)61-93-97(85,86)91-55-51-74-73(84)75-52-56-92-98(87,88)94-62-64(77-70(81)58-66(79)46-42-38-34-30-26-22-18-14-8-2)60-90-54-50-68(12-6)96-72(83)48-44-40-36-32-28-24-20-16-10-4;;;;;;;;;;;;;;;;;;/h5-6,63-64,67-68H,7-10,13-62H2,1-4H3,(H,76,80)(H,77,81)(H,85,86)(H,87,88)(H2,74,75,84);;;14*1H;;/q;2*+1;;;;;;;;;;;;;;;2*-1/t63-,64-,67-,68-;;;;;;;;;;;;;;;;;;/m1................../s1. The zero-order valence-corrected chi connectivity index (χ0v) is 68.7. The summed E-state index contributed by atoms with van der Waals surface area (Å²) in [6.45, 7) is 5.42. The van der Waals surface area contributed by atoms with Crippen LogP contribution in [-0.4, -0.2) is 141 Å². The van der Waals surface area contributed by atoms with Gasteiger partial charge in [-0.25, -0.2) is 13.9 Å². The number of ether oxygens (including phenoxy) is 4. The second-order valence-electron chi connectivity index (χ2n) is 25.7. The van der Waals surface area contributed by atoms with Crippen LogP contribution in [0.25, 0.3) is 0 Å². The number of hydrogen-bond acceptors (Lipinski definition) is 17. The Kier molecular flexibility index (Phi) is 73.7. The molecule has 0 aliphatic heterocycles. The monoisotopic (exact) mass is 1510 g/mol. The van der Waals surface area contributed by atoms with E-state index in [0.717, 1.165) is 89.9 Å². The third-order valence-corrected chi connectivity index (χ3v) is 18.3. The van der Waals surface area contributed by atoms with Crippen LogP contribution in [0.1, 0.15) is 333 Å². The van der Waals surface area contributed by atoms with Gasteiger partial charge in [0.05, 0.1) is 77.8 Å². The van der Waals surface area contributed by atoms with E-state index in [1.807, 2.05) is 0 Å². The number of Topliss-reactive ketones (excluding diaryl/α,β-unsaturated/α-hetero) is 2. The summed E-state index contributed by atoms with van der Waals surface area (Å²) in [6, 6.07) is -2.87. The number of unbranched alkanes of at least 4 members (excludes halogenated alkanes) is 32. The van der Waals surface area contributed by atoms with Gasteiger partial charge in [0.25, 0.3) is 0 Å². The molecule has 0 bridgehead atoms. The molecule has 100 heavy (non-hydrogen) atoms. The van der Waals surface area contributed by atoms with Gasteiger partial charge in [0.1, 0.15) is 11.6 Å². The van der Waals surface area contributed by atoms with E-state index >= 15 is 0 Å². The number of carbonyl (C=O) groups excluding carboxylic acids is 7. The Bertz CT molecular complexity index is 2180. The summed E-state index contributed by atoms with van der Waals surface area (Å²) in [5.74, 6) is 2.31. The zero-order valence-electron chi connectivity index (χ0n) is 64.9. The number of amides is 4. The SMILES string of the molecule is C#C[C@H](CCOC[C@H](COP(=O)(O)OCCNC(=O)NCCOP(=O)(O)OC[C@@H](COCC[C@@H](C#C)OC(=O)CCCCCCCCCCC)NC(=O)CC(=O)CCCCCCCCCCC)NC(=O)CC(=O)CCCCCCCCCCC)OC(=O)CCCCCCCCCCC.[H-].[H-].[HH].[HH].[HH].[HH].[HH].[HH].[HH].[HH].[HH].[HH].[HH].[HH].[HH].[HH].[Na+].[Na+]. The van der Waals surface area contributed by atoms with Crippen LogP contribution in [0.15, 0.2) is 0 Å². The Labute approximate surface area is 671 Å². The molecule has 23 nitrogen and oxygen atoms in total. The fraction of sp³-hybridized carbons (Fsp3) is 0.849. The van der Waals surface area contributed by atoms with Crippen LogP contribution in [0.2, 0.25) is 0 Å². The van der Waals surface area contributed by atoms with Crippen molar-refractivity contribution in [1.29, 1.82) is 0 Å². The number of rotatable bonds is 72. The molecule has 2 unspecified atom stereocenters. The number of terminal acetylenes is 2. The van der Waals surface area contributed by atoms with Gasteiger partial charge in [-0.15, -0.1) is 12.8 Å². The van der Waals surface area contributed by atoms with Gasteiger partial charge in [-0.05, 0) is 25.7 Å². The maximum absolute atomic E-state index is 13.1. The molecule has 600 valence electrons. The fourth-order valence-corrected chi connectivity index (χ4v) is 12.1. The molecule has 6 N–H and O–H groups in total. The minimum Gasteiger partial charge on any atom is -1.00 e. The molecule has 0 aromatic rings. The average Bonchev–Trinajstić information content (AvgIpc) is 0.916. The zero-order chi connectivity index (χ0) is 72.4. The molecule has 27 heteroatoms. The van der Waals surface area contributed by atoms with Crippen LogP contribution >= 0.6 is 15.6 Å². The van der Waals surface area contributed by atoms with E-state index in [-0.39, 0.29) is 172 Å². The molecule has 0 heterocycles. The molecule has 0 spiro atoms. The van der Waals surface area contributed by atoms with Crippen LogP contribution in [-0.2, 0) is 74.9 Å². The fourth-order valence-electron chi connectivity index (χ4n) is 10.6. The van der Waals surface area contributed by atoms with E-state index in [9.17, 15) is 52.5 Å². The number of esters is 2. The predicted molar refractivity (Wildman–Crippen MR) is 415 cm³/mol. The Morgan fingerprint density at radius 2 is 0.670 bits per heavy atom. The first kappa shape index (κ1) is 102. The number of urea groups is 1. The van der Waals surface area contributed by atoms with Gasteiger partial charge in [-0.2, -0.15) is 0 Å². The topological polar surface area (TPSA) is 316 Å². The van der Waals surface area contributed by atoms with Crippen molar-refractivity contribution in [3.8, 4) is 24.7 Å². The van der Waals surface area contributed by atoms with Crippen LogP contribution < -0.4 is 80.4 Å². The summed E-state index contributed by atoms with van der Waals surface area (Å²) < 4.78 is 68.9. The molecule has 0 fully saturated rings. The summed E-state index contributed by atoms with van der Waals surface area (Å²) in [5, 5.41) is 10.1. The Morgan fingerprint density at radius 3 is 0.950 bits per heavy atom. The third-order valence-electron chi connectivity index (χ3n) is 16.3. The molecule has 0 saturated carbocycles. The van der Waals surface area contributed by atoms with Crippen LogP contribution in [0.5, 0.6) is 0 Å². The first-order valence-electron chi connectivity index (χ1n) is 37.7. The predicted octanol–water partition coefficient (Wildman–Crippen LogP) is 12.7. The summed E-state index contributed by atoms with van der Waals surface area (Å²) >= 11 is 0. The normalized spacial score (nSPS) is 13.5. The first-order chi connectivity index (χ1) is 47.3. The smallest absolute Gasteiger partial charge is 1.00 e. The first-order valence-corrected chi connectivity index (χ1v) is 40.6. The third kappa shape index (κ3) is 68.8. The van der Waals surface area contributed by atoms with Crippen molar-refractivity contribution in [3.05, 3.63) is 0 Å². The van der Waals surface area contributed by atoms with E-state index in [4.69, 9.17) is 49.9 Å². The number of ketones is 2. The van der Waals surface area contributed by atoms with Gasteiger partial charge in [0, 0.05) is 71.6 Å². The van der Waals surface area contributed by atoms with Crippen LogP contribution in [0.3, 0.4) is 0 Å². The summed E-state index contributed by atoms with van der Waals surface area (Å²) in [5.41, 5.74) is 0. The number of phosphoric ester groups is 2. The van der Waals surface area contributed by atoms with Crippen LogP contribution in [0.4, 0.5) is 4.79 Å². The van der Waals surface area contributed by atoms with Gasteiger partial charge >= 0.3 is 92.7 Å². The van der Waals surface area contributed by atoms with Crippen molar-refractivity contribution in [1.82, 2.24) is 21.3 Å². The van der Waals surface area contributed by atoms with Gasteiger partial charge < -0.3 is 52.9 Å². The van der Waals surface area contributed by atoms with Gasteiger partial charge in [-0.1, -0.05) is 245 Å². The maximum Gasteiger partial charge on any atom is 1.00 e. The molecule has 4 amide bonds. The molecule has 0 rings (SSSR count). The summed E-state index contributed by atoms with van der Waals surface area (Å²) in [7, 11) is -9.62. The van der Waals surface area contributed by atoms with E-state index in [0.29, 0.717) is 25.7 Å². The number of nitrogens with one attached hydrogen (secondary N) is 4. The second kappa shape index (κ2) is 72.3. The van der Waals surface area contributed by atoms with Gasteiger partial charge in [0.15, 0.2) is 12.2 Å². The quantitative estimate of drug-likeness (QED) is 0.00823. The molecule has 6 atom stereocenters. The molecular formula is C73H162N4Na2O19P2. The minimum atomic E-state index is -4.81. The maximum atomic E-state index is 13.1. The van der Waals surface area contributed by atoms with E-state index in [1.54, 1.807) is 0 Å². The Hall–Kier alpha value is -2.25. The van der Waals surface area contributed by atoms with Crippen molar-refractivity contribution < 1.29 is 171 Å². The summed E-state index contributed by atoms with van der Waals surface area (Å²) in [6.07, 6.45) is 49.1. The van der Waals surface area contributed by atoms with Crippen molar-refractivity contribution in [2.24, 2.45) is 0 Å². The minimum absolute atomic E-state index is 0. The van der Waals surface area contributed by atoms with Crippen molar-refractivity contribution in [2.75, 3.05) is 65.9 Å². The van der Waals surface area contributed by atoms with Crippen molar-refractivity contribution in [3.63, 3.8) is 0 Å². The molecule has 0 radical (unpaired) electrons. The molecule has 0 aliphatic rings.